The molecule has 2 aromatic carbocycles. The Labute approximate surface area is 187 Å². The van der Waals surface area contributed by atoms with Gasteiger partial charge in [-0.3, -0.25) is 4.79 Å². The van der Waals surface area contributed by atoms with Gasteiger partial charge in [0.25, 0.3) is 0 Å². The van der Waals surface area contributed by atoms with E-state index in [4.69, 9.17) is 21.1 Å². The Bertz CT molecular complexity index is 927. The predicted octanol–water partition coefficient (Wildman–Crippen LogP) is 3.13. The van der Waals surface area contributed by atoms with E-state index in [0.717, 1.165) is 18.4 Å². The normalized spacial score (nSPS) is 20.1. The molecule has 31 heavy (non-hydrogen) atoms. The van der Waals surface area contributed by atoms with Crippen molar-refractivity contribution in [2.24, 2.45) is 0 Å². The van der Waals surface area contributed by atoms with Gasteiger partial charge in [-0.15, -0.1) is 0 Å². The number of hydrogen-bond donors (Lipinski definition) is 2. The molecular weight excluding hydrogens is 416 g/mol. The number of rotatable bonds is 6. The number of nitrogens with zero attached hydrogens (tertiary/aromatic N) is 1. The molecule has 164 valence electrons. The van der Waals surface area contributed by atoms with Gasteiger partial charge >= 0.3 is 0 Å². The van der Waals surface area contributed by atoms with Crippen LogP contribution in [0.25, 0.3) is 6.08 Å². The molecule has 0 aromatic heterocycles. The summed E-state index contributed by atoms with van der Waals surface area (Å²) in [6.45, 7) is 2.09. The summed E-state index contributed by atoms with van der Waals surface area (Å²) < 4.78 is 11.5. The third-order valence-electron chi connectivity index (χ3n) is 5.69. The third-order valence-corrected chi connectivity index (χ3v) is 6.04. The summed E-state index contributed by atoms with van der Waals surface area (Å²) >= 11 is 6.13. The van der Waals surface area contributed by atoms with Crippen molar-refractivity contribution in [2.75, 3.05) is 26.2 Å². The first kappa shape index (κ1) is 21.7. The molecule has 7 heteroatoms. The fraction of sp³-hybridized carbons (Fsp3) is 0.375. The highest BCUT2D eigenvalue weighted by Crippen LogP contribution is 2.31. The van der Waals surface area contributed by atoms with Crippen LogP contribution >= 0.6 is 11.6 Å². The maximum absolute atomic E-state index is 12.5. The number of halogens is 1. The van der Waals surface area contributed by atoms with Crippen LogP contribution in [0.4, 0.5) is 0 Å². The summed E-state index contributed by atoms with van der Waals surface area (Å²) in [4.78, 5) is 14.3. The zero-order chi connectivity index (χ0) is 21.6. The topological polar surface area (TPSA) is 71.0 Å². The van der Waals surface area contributed by atoms with Gasteiger partial charge in [0.1, 0.15) is 12.7 Å². The quantitative estimate of drug-likeness (QED) is 0.672. The minimum Gasteiger partial charge on any atom is -0.486 e. The Hall–Kier alpha value is -2.54. The van der Waals surface area contributed by atoms with E-state index in [1.165, 1.54) is 0 Å². The van der Waals surface area contributed by atoms with Crippen molar-refractivity contribution in [2.45, 2.75) is 31.1 Å². The predicted molar refractivity (Wildman–Crippen MR) is 120 cm³/mol. The lowest BCUT2D eigenvalue weighted by Crippen LogP contribution is -2.50. The van der Waals surface area contributed by atoms with Gasteiger partial charge in [0.05, 0.1) is 0 Å². The minimum absolute atomic E-state index is 0.00942. The number of amides is 1. The van der Waals surface area contributed by atoms with Gasteiger partial charge in [0, 0.05) is 36.8 Å². The summed E-state index contributed by atoms with van der Waals surface area (Å²) in [5.74, 6) is 1.36. The molecule has 1 fully saturated rings. The van der Waals surface area contributed by atoms with Crippen LogP contribution in [-0.4, -0.2) is 60.4 Å². The standard InChI is InChI=1S/C24H27ClN2O4/c25-19-6-2-1-5-17(19)9-10-24(29)27-13-11-18(12-14-27)26-15-20(28)23-16-30-21-7-3-4-8-22(21)31-23/h1-10,18,20,23,26,28H,11-16H2. The smallest absolute Gasteiger partial charge is 0.246 e. The highest BCUT2D eigenvalue weighted by atomic mass is 35.5. The van der Waals surface area contributed by atoms with Crippen LogP contribution < -0.4 is 14.8 Å². The molecule has 2 aliphatic heterocycles. The number of carbonyl (C=O) groups is 1. The molecule has 0 aliphatic carbocycles. The second-order valence-electron chi connectivity index (χ2n) is 7.84. The number of hydrogen-bond acceptors (Lipinski definition) is 5. The zero-order valence-corrected chi connectivity index (χ0v) is 18.0. The van der Waals surface area contributed by atoms with Crippen LogP contribution in [0.2, 0.25) is 5.02 Å². The first-order chi connectivity index (χ1) is 15.1. The molecule has 0 bridgehead atoms. The number of aliphatic hydroxyl groups is 1. The molecule has 6 nitrogen and oxygen atoms in total. The highest BCUT2D eigenvalue weighted by Gasteiger charge is 2.29. The Morgan fingerprint density at radius 3 is 2.65 bits per heavy atom. The fourth-order valence-electron chi connectivity index (χ4n) is 3.83. The number of likely N-dealkylation sites (tertiary alicyclic amines) is 1. The monoisotopic (exact) mass is 442 g/mol. The van der Waals surface area contributed by atoms with E-state index in [-0.39, 0.29) is 11.9 Å². The minimum atomic E-state index is -0.674. The number of ether oxygens (including phenoxy) is 2. The maximum atomic E-state index is 12.5. The number of fused-ring (bicyclic) bond motifs is 1. The lowest BCUT2D eigenvalue weighted by atomic mass is 10.0. The number of benzene rings is 2. The molecule has 2 aliphatic rings. The number of piperidine rings is 1. The van der Waals surface area contributed by atoms with E-state index in [0.29, 0.717) is 42.8 Å². The van der Waals surface area contributed by atoms with Crippen LogP contribution in [0.15, 0.2) is 54.6 Å². The molecule has 1 amide bonds. The molecule has 1 saturated heterocycles. The molecule has 2 N–H and O–H groups in total. The zero-order valence-electron chi connectivity index (χ0n) is 17.2. The van der Waals surface area contributed by atoms with Crippen molar-refractivity contribution in [3.8, 4) is 11.5 Å². The van der Waals surface area contributed by atoms with Crippen LogP contribution in [0, 0.1) is 0 Å². The largest absolute Gasteiger partial charge is 0.486 e. The summed E-state index contributed by atoms with van der Waals surface area (Å²) in [6, 6.07) is 15.2. The average molecular weight is 443 g/mol. The van der Waals surface area contributed by atoms with Crippen LogP contribution in [0.3, 0.4) is 0 Å². The SMILES string of the molecule is O=C(C=Cc1ccccc1Cl)N1CCC(NCC(O)C2COc3ccccc3O2)CC1. The molecule has 0 saturated carbocycles. The summed E-state index contributed by atoms with van der Waals surface area (Å²) in [5.41, 5.74) is 0.833. The van der Waals surface area contributed by atoms with Crippen molar-refractivity contribution >= 4 is 23.6 Å². The van der Waals surface area contributed by atoms with Gasteiger partial charge in [-0.1, -0.05) is 41.9 Å². The molecule has 2 atom stereocenters. The highest BCUT2D eigenvalue weighted by molar-refractivity contribution is 6.32. The Morgan fingerprint density at radius 1 is 1.16 bits per heavy atom. The van der Waals surface area contributed by atoms with Crippen molar-refractivity contribution in [3.63, 3.8) is 0 Å². The number of nitrogens with one attached hydrogen (secondary N) is 1. The van der Waals surface area contributed by atoms with E-state index >= 15 is 0 Å². The third kappa shape index (κ3) is 5.58. The lowest BCUT2D eigenvalue weighted by Gasteiger charge is -2.34. The van der Waals surface area contributed by atoms with Gasteiger partial charge in [0.2, 0.25) is 5.91 Å². The molecular formula is C24H27ClN2O4. The van der Waals surface area contributed by atoms with Gasteiger partial charge in [-0.25, -0.2) is 0 Å². The van der Waals surface area contributed by atoms with Crippen molar-refractivity contribution in [1.82, 2.24) is 10.2 Å². The van der Waals surface area contributed by atoms with E-state index in [1.54, 1.807) is 18.2 Å². The second kappa shape index (κ2) is 10.2. The van der Waals surface area contributed by atoms with Crippen LogP contribution in [0.5, 0.6) is 11.5 Å². The number of para-hydroxylation sites is 2. The Balaban J connectivity index is 1.20. The first-order valence-corrected chi connectivity index (χ1v) is 11.0. The van der Waals surface area contributed by atoms with Gasteiger partial charge in [-0.05, 0) is 42.7 Å². The summed E-state index contributed by atoms with van der Waals surface area (Å²) in [5, 5.41) is 14.6. The van der Waals surface area contributed by atoms with Gasteiger partial charge < -0.3 is 24.8 Å². The molecule has 2 heterocycles. The molecule has 4 rings (SSSR count). The first-order valence-electron chi connectivity index (χ1n) is 10.6. The van der Waals surface area contributed by atoms with E-state index in [2.05, 4.69) is 5.32 Å². The Morgan fingerprint density at radius 2 is 1.87 bits per heavy atom. The molecule has 0 radical (unpaired) electrons. The second-order valence-corrected chi connectivity index (χ2v) is 8.25. The van der Waals surface area contributed by atoms with Crippen molar-refractivity contribution in [3.05, 3.63) is 65.2 Å². The molecule has 0 spiro atoms. The molecule has 2 aromatic rings. The van der Waals surface area contributed by atoms with Crippen LogP contribution in [-0.2, 0) is 4.79 Å². The number of carbonyl (C=O) groups excluding carboxylic acids is 1. The van der Waals surface area contributed by atoms with E-state index in [9.17, 15) is 9.90 Å². The van der Waals surface area contributed by atoms with Gasteiger partial charge in [0.15, 0.2) is 17.6 Å². The maximum Gasteiger partial charge on any atom is 0.246 e. The number of aliphatic hydroxyl groups excluding tert-OH is 1. The van der Waals surface area contributed by atoms with Gasteiger partial charge in [-0.2, -0.15) is 0 Å². The molecule has 2 unspecified atom stereocenters. The average Bonchev–Trinajstić information content (AvgIpc) is 2.82. The Kier molecular flexibility index (Phi) is 7.12. The van der Waals surface area contributed by atoms with E-state index < -0.39 is 12.2 Å². The lowest BCUT2D eigenvalue weighted by molar-refractivity contribution is -0.127. The van der Waals surface area contributed by atoms with E-state index in [1.807, 2.05) is 47.4 Å². The van der Waals surface area contributed by atoms with Crippen molar-refractivity contribution < 1.29 is 19.4 Å². The summed E-state index contributed by atoms with van der Waals surface area (Å²) in [6.07, 6.45) is 3.93. The summed E-state index contributed by atoms with van der Waals surface area (Å²) in [7, 11) is 0. The van der Waals surface area contributed by atoms with Crippen molar-refractivity contribution in [1.29, 1.82) is 0 Å². The fourth-order valence-corrected chi connectivity index (χ4v) is 4.02. The van der Waals surface area contributed by atoms with Crippen LogP contribution in [0.1, 0.15) is 18.4 Å².